The van der Waals surface area contributed by atoms with Crippen molar-refractivity contribution in [2.75, 3.05) is 6.54 Å². The van der Waals surface area contributed by atoms with Gasteiger partial charge >= 0.3 is 0 Å². The smallest absolute Gasteiger partial charge is 0.266 e. The van der Waals surface area contributed by atoms with Crippen LogP contribution in [0.1, 0.15) is 50.5 Å². The summed E-state index contributed by atoms with van der Waals surface area (Å²) in [5.74, 6) is -0.281. The maximum absolute atomic E-state index is 12.9. The summed E-state index contributed by atoms with van der Waals surface area (Å²) in [5, 5.41) is 0. The monoisotopic (exact) mass is 347 g/mol. The average molecular weight is 347 g/mol. The van der Waals surface area contributed by atoms with E-state index < -0.39 is 10.0 Å². The number of hydrogen-bond acceptors (Lipinski definition) is 3. The first-order chi connectivity index (χ1) is 11.3. The molecule has 1 amide bonds. The molecular formula is C19H25NO3S. The van der Waals surface area contributed by atoms with E-state index in [1.165, 1.54) is 6.42 Å². The lowest BCUT2D eigenvalue weighted by atomic mass is 9.69. The van der Waals surface area contributed by atoms with E-state index in [9.17, 15) is 13.2 Å². The summed E-state index contributed by atoms with van der Waals surface area (Å²) in [6.07, 6.45) is 6.51. The lowest BCUT2D eigenvalue weighted by Gasteiger charge is -2.35. The Labute approximate surface area is 144 Å². The van der Waals surface area contributed by atoms with Gasteiger partial charge in [0.2, 0.25) is 5.91 Å². The predicted octanol–water partition coefficient (Wildman–Crippen LogP) is 3.81. The van der Waals surface area contributed by atoms with Crippen molar-refractivity contribution in [2.24, 2.45) is 5.41 Å². The number of amides is 1. The van der Waals surface area contributed by atoms with Gasteiger partial charge in [-0.3, -0.25) is 4.79 Å². The molecule has 24 heavy (non-hydrogen) atoms. The molecule has 0 atom stereocenters. The van der Waals surface area contributed by atoms with Crippen molar-refractivity contribution in [1.29, 1.82) is 0 Å². The molecule has 0 N–H and O–H groups in total. The molecule has 3 rings (SSSR count). The molecule has 0 unspecified atom stereocenters. The van der Waals surface area contributed by atoms with Crippen molar-refractivity contribution in [3.63, 3.8) is 0 Å². The Morgan fingerprint density at radius 2 is 1.67 bits per heavy atom. The minimum Gasteiger partial charge on any atom is -0.274 e. The van der Waals surface area contributed by atoms with Gasteiger partial charge in [-0.25, -0.2) is 12.7 Å². The first-order valence-electron chi connectivity index (χ1n) is 8.61. The van der Waals surface area contributed by atoms with E-state index in [2.05, 4.69) is 6.58 Å². The van der Waals surface area contributed by atoms with Crippen molar-refractivity contribution < 1.29 is 13.2 Å². The second-order valence-electron chi connectivity index (χ2n) is 7.38. The maximum Gasteiger partial charge on any atom is 0.266 e. The third-order valence-corrected chi connectivity index (χ3v) is 7.10. The summed E-state index contributed by atoms with van der Waals surface area (Å²) in [5.41, 5.74) is 1.75. The standard InChI is InChI=1S/C19H25NO3S/c1-15-6-8-17(9-7-15)24(22,23)20-14-16(2)12-19(13-18(20)21)10-4-3-5-11-19/h6-9H,2-5,10-14H2,1H3. The highest BCUT2D eigenvalue weighted by molar-refractivity contribution is 7.89. The summed E-state index contributed by atoms with van der Waals surface area (Å²) in [4.78, 5) is 13.0. The molecule has 1 aromatic rings. The van der Waals surface area contributed by atoms with Gasteiger partial charge in [0.25, 0.3) is 10.0 Å². The third-order valence-electron chi connectivity index (χ3n) is 5.32. The molecule has 130 valence electrons. The largest absolute Gasteiger partial charge is 0.274 e. The molecule has 1 heterocycles. The average Bonchev–Trinajstić information content (AvgIpc) is 2.65. The van der Waals surface area contributed by atoms with Crippen LogP contribution in [0, 0.1) is 12.3 Å². The third kappa shape index (κ3) is 3.27. The van der Waals surface area contributed by atoms with Crippen LogP contribution < -0.4 is 0 Å². The molecule has 1 aliphatic carbocycles. The minimum atomic E-state index is -3.82. The fourth-order valence-electron chi connectivity index (χ4n) is 4.06. The van der Waals surface area contributed by atoms with Crippen LogP contribution in [-0.4, -0.2) is 25.2 Å². The number of nitrogens with zero attached hydrogens (tertiary/aromatic N) is 1. The van der Waals surface area contributed by atoms with Gasteiger partial charge in [0, 0.05) is 6.42 Å². The summed E-state index contributed by atoms with van der Waals surface area (Å²) in [7, 11) is -3.82. The highest BCUT2D eigenvalue weighted by Gasteiger charge is 2.42. The van der Waals surface area contributed by atoms with Gasteiger partial charge in [-0.1, -0.05) is 49.1 Å². The molecule has 1 aliphatic heterocycles. The molecule has 1 aromatic carbocycles. The van der Waals surface area contributed by atoms with Gasteiger partial charge in [0.1, 0.15) is 0 Å². The molecule has 5 heteroatoms. The molecule has 2 fully saturated rings. The zero-order valence-corrected chi connectivity index (χ0v) is 15.1. The summed E-state index contributed by atoms with van der Waals surface area (Å²) >= 11 is 0. The van der Waals surface area contributed by atoms with Crippen molar-refractivity contribution in [2.45, 2.75) is 56.8 Å². The van der Waals surface area contributed by atoms with Crippen LogP contribution >= 0.6 is 0 Å². The minimum absolute atomic E-state index is 0.0794. The van der Waals surface area contributed by atoms with Gasteiger partial charge < -0.3 is 0 Å². The number of benzene rings is 1. The topological polar surface area (TPSA) is 54.5 Å². The van der Waals surface area contributed by atoms with Crippen LogP contribution in [0.4, 0.5) is 0 Å². The summed E-state index contributed by atoms with van der Waals surface area (Å²) in [6, 6.07) is 6.66. The second-order valence-corrected chi connectivity index (χ2v) is 9.24. The fourth-order valence-corrected chi connectivity index (χ4v) is 5.48. The molecule has 0 bridgehead atoms. The number of aryl methyl sites for hydroxylation is 1. The highest BCUT2D eigenvalue weighted by Crippen LogP contribution is 2.46. The van der Waals surface area contributed by atoms with E-state index in [4.69, 9.17) is 0 Å². The van der Waals surface area contributed by atoms with Crippen molar-refractivity contribution in [3.05, 3.63) is 42.0 Å². The van der Waals surface area contributed by atoms with Crippen LogP contribution in [-0.2, 0) is 14.8 Å². The van der Waals surface area contributed by atoms with E-state index in [1.807, 2.05) is 6.92 Å². The summed E-state index contributed by atoms with van der Waals surface area (Å²) in [6.45, 7) is 6.08. The number of sulfonamides is 1. The predicted molar refractivity (Wildman–Crippen MR) is 94.0 cm³/mol. The zero-order valence-electron chi connectivity index (χ0n) is 14.3. The molecule has 0 radical (unpaired) electrons. The fraction of sp³-hybridized carbons (Fsp3) is 0.526. The van der Waals surface area contributed by atoms with Gasteiger partial charge in [-0.15, -0.1) is 0 Å². The number of rotatable bonds is 2. The normalized spacial score (nSPS) is 21.8. The van der Waals surface area contributed by atoms with Crippen LogP contribution in [0.25, 0.3) is 0 Å². The Morgan fingerprint density at radius 1 is 1.04 bits per heavy atom. The van der Waals surface area contributed by atoms with Gasteiger partial charge in [0.05, 0.1) is 11.4 Å². The van der Waals surface area contributed by atoms with E-state index in [-0.39, 0.29) is 22.8 Å². The quantitative estimate of drug-likeness (QED) is 0.764. The zero-order chi connectivity index (χ0) is 17.4. The number of carbonyl (C=O) groups is 1. The van der Waals surface area contributed by atoms with Crippen LogP contribution in [0.2, 0.25) is 0 Å². The lowest BCUT2D eigenvalue weighted by molar-refractivity contribution is -0.128. The van der Waals surface area contributed by atoms with Crippen LogP contribution in [0.5, 0.6) is 0 Å². The van der Waals surface area contributed by atoms with Crippen molar-refractivity contribution in [1.82, 2.24) is 4.31 Å². The lowest BCUT2D eigenvalue weighted by Crippen LogP contribution is -2.38. The number of hydrogen-bond donors (Lipinski definition) is 0. The van der Waals surface area contributed by atoms with Gasteiger partial charge in [-0.2, -0.15) is 0 Å². The number of carbonyl (C=O) groups excluding carboxylic acids is 1. The molecule has 4 nitrogen and oxygen atoms in total. The van der Waals surface area contributed by atoms with Crippen LogP contribution in [0.3, 0.4) is 0 Å². The van der Waals surface area contributed by atoms with Gasteiger partial charge in [0.15, 0.2) is 0 Å². The Hall–Kier alpha value is -1.62. The molecule has 0 aromatic heterocycles. The summed E-state index contributed by atoms with van der Waals surface area (Å²) < 4.78 is 26.9. The van der Waals surface area contributed by atoms with Gasteiger partial charge in [-0.05, 0) is 43.7 Å². The van der Waals surface area contributed by atoms with E-state index in [0.717, 1.165) is 47.5 Å². The maximum atomic E-state index is 12.9. The molecular weight excluding hydrogens is 322 g/mol. The Balaban J connectivity index is 1.92. The Kier molecular flexibility index (Phi) is 4.56. The van der Waals surface area contributed by atoms with Crippen LogP contribution in [0.15, 0.2) is 41.3 Å². The van der Waals surface area contributed by atoms with E-state index in [1.54, 1.807) is 24.3 Å². The Bertz CT molecular complexity index is 743. The first-order valence-corrected chi connectivity index (χ1v) is 10.1. The molecule has 2 aliphatic rings. The van der Waals surface area contributed by atoms with Crippen molar-refractivity contribution in [3.8, 4) is 0 Å². The Morgan fingerprint density at radius 3 is 2.29 bits per heavy atom. The van der Waals surface area contributed by atoms with E-state index in [0.29, 0.717) is 6.42 Å². The second kappa shape index (κ2) is 6.36. The molecule has 1 saturated carbocycles. The molecule has 1 saturated heterocycles. The first kappa shape index (κ1) is 17.2. The molecule has 1 spiro atoms. The SMILES string of the molecule is C=C1CN(S(=O)(=O)c2ccc(C)cc2)C(=O)CC2(CCCCC2)C1. The van der Waals surface area contributed by atoms with E-state index >= 15 is 0 Å². The highest BCUT2D eigenvalue weighted by atomic mass is 32.2. The van der Waals surface area contributed by atoms with Crippen molar-refractivity contribution >= 4 is 15.9 Å².